The zero-order valence-corrected chi connectivity index (χ0v) is 13.8. The lowest BCUT2D eigenvalue weighted by Crippen LogP contribution is -2.37. The van der Waals surface area contributed by atoms with E-state index in [1.54, 1.807) is 0 Å². The molecule has 21 heavy (non-hydrogen) atoms. The van der Waals surface area contributed by atoms with Gasteiger partial charge in [-0.3, -0.25) is 0 Å². The second-order valence-corrected chi connectivity index (χ2v) is 6.72. The topological polar surface area (TPSA) is 74.2 Å². The summed E-state index contributed by atoms with van der Waals surface area (Å²) in [6, 6.07) is 0. The fourth-order valence-electron chi connectivity index (χ4n) is 3.44. The lowest BCUT2D eigenvalue weighted by atomic mass is 9.78. The van der Waals surface area contributed by atoms with E-state index in [1.807, 2.05) is 13.8 Å². The van der Waals surface area contributed by atoms with Crippen LogP contribution in [0, 0.1) is 5.92 Å². The Morgan fingerprint density at radius 2 is 2.24 bits per heavy atom. The standard InChI is InChI=1S/C16H29N3O2/c1-5-9-15(4,17)14-18-13(19-21-14)16(20-6-2)10-7-8-12(3)11-16/h12H,5-11,17H2,1-4H3. The van der Waals surface area contributed by atoms with Crippen LogP contribution in [0.1, 0.15) is 77.9 Å². The van der Waals surface area contributed by atoms with Crippen LogP contribution in [-0.4, -0.2) is 16.7 Å². The third-order valence-electron chi connectivity index (χ3n) is 4.47. The molecule has 0 spiro atoms. The maximum absolute atomic E-state index is 6.30. The second kappa shape index (κ2) is 6.44. The van der Waals surface area contributed by atoms with E-state index >= 15 is 0 Å². The van der Waals surface area contributed by atoms with E-state index in [2.05, 4.69) is 24.0 Å². The van der Waals surface area contributed by atoms with Gasteiger partial charge in [-0.1, -0.05) is 31.8 Å². The summed E-state index contributed by atoms with van der Waals surface area (Å²) in [7, 11) is 0. The van der Waals surface area contributed by atoms with Gasteiger partial charge in [-0.25, -0.2) is 0 Å². The molecule has 0 aliphatic heterocycles. The third kappa shape index (κ3) is 3.46. The van der Waals surface area contributed by atoms with Crippen molar-refractivity contribution in [1.29, 1.82) is 0 Å². The van der Waals surface area contributed by atoms with Gasteiger partial charge in [-0.2, -0.15) is 4.98 Å². The summed E-state index contributed by atoms with van der Waals surface area (Å²) in [5.74, 6) is 1.82. The fourth-order valence-corrected chi connectivity index (χ4v) is 3.44. The van der Waals surface area contributed by atoms with Crippen molar-refractivity contribution in [2.24, 2.45) is 11.7 Å². The van der Waals surface area contributed by atoms with E-state index < -0.39 is 11.1 Å². The van der Waals surface area contributed by atoms with Crippen LogP contribution < -0.4 is 5.73 Å². The lowest BCUT2D eigenvalue weighted by Gasteiger charge is -2.37. The van der Waals surface area contributed by atoms with Gasteiger partial charge in [0.05, 0.1) is 5.54 Å². The zero-order valence-electron chi connectivity index (χ0n) is 13.8. The smallest absolute Gasteiger partial charge is 0.246 e. The first-order valence-electron chi connectivity index (χ1n) is 8.21. The maximum Gasteiger partial charge on any atom is 0.246 e. The number of nitrogens with zero attached hydrogens (tertiary/aromatic N) is 2. The van der Waals surface area contributed by atoms with Gasteiger partial charge in [0, 0.05) is 6.61 Å². The summed E-state index contributed by atoms with van der Waals surface area (Å²) < 4.78 is 11.6. The molecule has 3 atom stereocenters. The normalized spacial score (nSPS) is 29.3. The van der Waals surface area contributed by atoms with Crippen LogP contribution >= 0.6 is 0 Å². The van der Waals surface area contributed by atoms with Gasteiger partial charge in [-0.05, 0) is 45.4 Å². The van der Waals surface area contributed by atoms with Gasteiger partial charge in [0.25, 0.3) is 0 Å². The highest BCUT2D eigenvalue weighted by molar-refractivity contribution is 5.08. The first-order chi connectivity index (χ1) is 9.93. The SMILES string of the molecule is CCCC(C)(N)c1nc(C2(OCC)CCCC(C)C2)no1. The van der Waals surface area contributed by atoms with Crippen molar-refractivity contribution in [2.75, 3.05) is 6.61 Å². The fraction of sp³-hybridized carbons (Fsp3) is 0.875. The first kappa shape index (κ1) is 16.4. The first-order valence-corrected chi connectivity index (χ1v) is 8.21. The van der Waals surface area contributed by atoms with E-state index in [0.717, 1.165) is 32.1 Å². The molecule has 0 saturated heterocycles. The summed E-state index contributed by atoms with van der Waals surface area (Å²) in [5.41, 5.74) is 5.34. The van der Waals surface area contributed by atoms with Crippen molar-refractivity contribution in [3.05, 3.63) is 11.7 Å². The van der Waals surface area contributed by atoms with Crippen molar-refractivity contribution in [3.63, 3.8) is 0 Å². The Kier molecular flexibility index (Phi) is 5.04. The molecule has 2 rings (SSSR count). The Morgan fingerprint density at radius 1 is 1.48 bits per heavy atom. The number of rotatable bonds is 6. The van der Waals surface area contributed by atoms with Crippen LogP contribution in [0.25, 0.3) is 0 Å². The Hall–Kier alpha value is -0.940. The number of nitrogens with two attached hydrogens (primary N) is 1. The van der Waals surface area contributed by atoms with Crippen LogP contribution in [0.5, 0.6) is 0 Å². The number of hydrogen-bond donors (Lipinski definition) is 1. The van der Waals surface area contributed by atoms with Gasteiger partial charge >= 0.3 is 0 Å². The van der Waals surface area contributed by atoms with Gasteiger partial charge < -0.3 is 15.0 Å². The second-order valence-electron chi connectivity index (χ2n) is 6.72. The highest BCUT2D eigenvalue weighted by Crippen LogP contribution is 2.42. The summed E-state index contributed by atoms with van der Waals surface area (Å²) in [6.45, 7) is 8.99. The number of aromatic nitrogens is 2. The summed E-state index contributed by atoms with van der Waals surface area (Å²) >= 11 is 0. The molecule has 2 N–H and O–H groups in total. The highest BCUT2D eigenvalue weighted by Gasteiger charge is 2.42. The molecule has 1 aromatic rings. The largest absolute Gasteiger partial charge is 0.367 e. The third-order valence-corrected chi connectivity index (χ3v) is 4.47. The van der Waals surface area contributed by atoms with E-state index in [9.17, 15) is 0 Å². The molecular weight excluding hydrogens is 266 g/mol. The molecule has 1 aliphatic carbocycles. The van der Waals surface area contributed by atoms with Crippen LogP contribution in [0.4, 0.5) is 0 Å². The molecule has 5 nitrogen and oxygen atoms in total. The van der Waals surface area contributed by atoms with Crippen molar-refractivity contribution in [2.45, 2.75) is 77.4 Å². The minimum Gasteiger partial charge on any atom is -0.367 e. The van der Waals surface area contributed by atoms with Crippen LogP contribution in [0.15, 0.2) is 4.52 Å². The van der Waals surface area contributed by atoms with Crippen molar-refractivity contribution in [1.82, 2.24) is 10.1 Å². The number of hydrogen-bond acceptors (Lipinski definition) is 5. The molecule has 3 unspecified atom stereocenters. The quantitative estimate of drug-likeness (QED) is 0.869. The molecule has 120 valence electrons. The predicted molar refractivity (Wildman–Crippen MR) is 81.7 cm³/mol. The Balaban J connectivity index is 2.28. The summed E-state index contributed by atoms with van der Waals surface area (Å²) in [5, 5.41) is 4.22. The minimum absolute atomic E-state index is 0.392. The van der Waals surface area contributed by atoms with Gasteiger partial charge in [0.2, 0.25) is 11.7 Å². The van der Waals surface area contributed by atoms with Gasteiger partial charge in [0.1, 0.15) is 5.60 Å². The average molecular weight is 295 g/mol. The number of ether oxygens (including phenoxy) is 1. The van der Waals surface area contributed by atoms with Crippen molar-refractivity contribution >= 4 is 0 Å². The molecular formula is C16H29N3O2. The zero-order chi connectivity index (χ0) is 15.5. The Bertz CT molecular complexity index is 454. The van der Waals surface area contributed by atoms with Crippen molar-refractivity contribution in [3.8, 4) is 0 Å². The van der Waals surface area contributed by atoms with Gasteiger partial charge in [-0.15, -0.1) is 0 Å². The summed E-state index contributed by atoms with van der Waals surface area (Å²) in [6.07, 6.45) is 6.10. The summed E-state index contributed by atoms with van der Waals surface area (Å²) in [4.78, 5) is 4.62. The molecule has 1 heterocycles. The van der Waals surface area contributed by atoms with E-state index in [-0.39, 0.29) is 0 Å². The Labute approximate surface area is 127 Å². The monoisotopic (exact) mass is 295 g/mol. The maximum atomic E-state index is 6.30. The molecule has 0 radical (unpaired) electrons. The Morgan fingerprint density at radius 3 is 2.86 bits per heavy atom. The van der Waals surface area contributed by atoms with Crippen LogP contribution in [0.3, 0.4) is 0 Å². The average Bonchev–Trinajstić information content (AvgIpc) is 2.90. The molecule has 1 aromatic heterocycles. The van der Waals surface area contributed by atoms with Crippen LogP contribution in [0.2, 0.25) is 0 Å². The van der Waals surface area contributed by atoms with E-state index in [0.29, 0.717) is 24.2 Å². The van der Waals surface area contributed by atoms with Crippen molar-refractivity contribution < 1.29 is 9.26 Å². The predicted octanol–water partition coefficient (Wildman–Crippen LogP) is 3.49. The molecule has 0 bridgehead atoms. The van der Waals surface area contributed by atoms with E-state index in [4.69, 9.17) is 15.0 Å². The molecule has 1 fully saturated rings. The van der Waals surface area contributed by atoms with E-state index in [1.165, 1.54) is 6.42 Å². The highest BCUT2D eigenvalue weighted by atomic mass is 16.5. The van der Waals surface area contributed by atoms with Crippen LogP contribution in [-0.2, 0) is 15.9 Å². The molecule has 0 aromatic carbocycles. The molecule has 5 heteroatoms. The molecule has 0 amide bonds. The lowest BCUT2D eigenvalue weighted by molar-refractivity contribution is -0.0891. The van der Waals surface area contributed by atoms with Gasteiger partial charge in [0.15, 0.2) is 0 Å². The molecule has 1 aliphatic rings. The molecule has 1 saturated carbocycles. The minimum atomic E-state index is -0.562.